The third-order valence-electron chi connectivity index (χ3n) is 1.51. The highest BCUT2D eigenvalue weighted by Crippen LogP contribution is 2.16. The lowest BCUT2D eigenvalue weighted by Gasteiger charge is -2.25. The van der Waals surface area contributed by atoms with Gasteiger partial charge in [-0.25, -0.2) is 0 Å². The molecule has 0 fully saturated rings. The van der Waals surface area contributed by atoms with Crippen molar-refractivity contribution in [3.8, 4) is 0 Å². The molecule has 0 N–H and O–H groups in total. The van der Waals surface area contributed by atoms with Crippen LogP contribution in [0.1, 0.15) is 13.3 Å². The number of rotatable bonds is 7. The van der Waals surface area contributed by atoms with Crippen LogP contribution in [0.15, 0.2) is 0 Å². The average Bonchev–Trinajstić information content (AvgIpc) is 2.12. The van der Waals surface area contributed by atoms with Gasteiger partial charge in [-0.05, 0) is 13.3 Å². The fourth-order valence-electron chi connectivity index (χ4n) is 0.635. The minimum absolute atomic E-state index is 0.171. The monoisotopic (exact) mass is 306 g/mol. The van der Waals surface area contributed by atoms with Gasteiger partial charge in [-0.15, -0.1) is 11.6 Å². The summed E-state index contributed by atoms with van der Waals surface area (Å²) in [5, 5.41) is 0. The molecule has 0 spiro atoms. The highest BCUT2D eigenvalue weighted by molar-refractivity contribution is 14.1. The molecule has 0 saturated heterocycles. The summed E-state index contributed by atoms with van der Waals surface area (Å²) in [6.07, 6.45) is 0.930. The highest BCUT2D eigenvalue weighted by atomic mass is 127. The summed E-state index contributed by atoms with van der Waals surface area (Å²) < 4.78 is 11.4. The quantitative estimate of drug-likeness (QED) is 0.409. The van der Waals surface area contributed by atoms with Crippen molar-refractivity contribution in [1.82, 2.24) is 0 Å². The summed E-state index contributed by atoms with van der Waals surface area (Å²) in [5.41, 5.74) is -0.171. The van der Waals surface area contributed by atoms with Crippen molar-refractivity contribution < 1.29 is 9.47 Å². The first kappa shape index (κ1) is 12.9. The number of alkyl halides is 2. The Balaban J connectivity index is 3.45. The van der Waals surface area contributed by atoms with Crippen molar-refractivity contribution in [3.63, 3.8) is 0 Å². The predicted octanol–water partition coefficient (Wildman–Crippen LogP) is 2.47. The van der Waals surface area contributed by atoms with E-state index < -0.39 is 0 Å². The molecule has 0 aliphatic rings. The SMILES string of the molecule is COCCCOC(C)(CCl)CI. The average molecular weight is 307 g/mol. The Morgan fingerprint density at radius 2 is 2.08 bits per heavy atom. The second-order valence-electron chi connectivity index (χ2n) is 2.91. The maximum atomic E-state index is 5.76. The minimum Gasteiger partial charge on any atom is -0.385 e. The molecule has 0 amide bonds. The van der Waals surface area contributed by atoms with Gasteiger partial charge in [0.2, 0.25) is 0 Å². The maximum absolute atomic E-state index is 5.76. The molecule has 0 bridgehead atoms. The van der Waals surface area contributed by atoms with E-state index in [1.807, 2.05) is 6.92 Å². The highest BCUT2D eigenvalue weighted by Gasteiger charge is 2.21. The molecule has 12 heavy (non-hydrogen) atoms. The van der Waals surface area contributed by atoms with Crippen LogP contribution in [-0.2, 0) is 9.47 Å². The Bertz CT molecular complexity index is 107. The molecular formula is C8H16ClIO2. The van der Waals surface area contributed by atoms with Gasteiger partial charge in [-0.2, -0.15) is 0 Å². The number of hydrogen-bond acceptors (Lipinski definition) is 2. The van der Waals surface area contributed by atoms with Crippen molar-refractivity contribution in [2.24, 2.45) is 0 Å². The molecule has 74 valence electrons. The van der Waals surface area contributed by atoms with E-state index >= 15 is 0 Å². The number of halogens is 2. The van der Waals surface area contributed by atoms with E-state index in [1.165, 1.54) is 0 Å². The summed E-state index contributed by atoms with van der Waals surface area (Å²) in [5.74, 6) is 0.545. The zero-order valence-electron chi connectivity index (χ0n) is 7.61. The maximum Gasteiger partial charge on any atom is 0.0878 e. The van der Waals surface area contributed by atoms with E-state index in [1.54, 1.807) is 7.11 Å². The summed E-state index contributed by atoms with van der Waals surface area (Å²) in [6.45, 7) is 3.50. The van der Waals surface area contributed by atoms with Gasteiger partial charge in [0.15, 0.2) is 0 Å². The van der Waals surface area contributed by atoms with Crippen LogP contribution < -0.4 is 0 Å². The molecule has 2 nitrogen and oxygen atoms in total. The van der Waals surface area contributed by atoms with Gasteiger partial charge in [-0.1, -0.05) is 22.6 Å². The zero-order valence-corrected chi connectivity index (χ0v) is 10.5. The van der Waals surface area contributed by atoms with Gasteiger partial charge in [0.25, 0.3) is 0 Å². The molecule has 0 aromatic rings. The van der Waals surface area contributed by atoms with E-state index in [0.717, 1.165) is 24.1 Å². The summed E-state index contributed by atoms with van der Waals surface area (Å²) in [7, 11) is 1.69. The van der Waals surface area contributed by atoms with Crippen LogP contribution >= 0.6 is 34.2 Å². The first-order valence-electron chi connectivity index (χ1n) is 3.93. The second-order valence-corrected chi connectivity index (χ2v) is 3.94. The molecule has 1 unspecified atom stereocenters. The minimum atomic E-state index is -0.171. The van der Waals surface area contributed by atoms with Crippen LogP contribution in [0.25, 0.3) is 0 Å². The van der Waals surface area contributed by atoms with Crippen molar-refractivity contribution in [2.75, 3.05) is 30.6 Å². The smallest absolute Gasteiger partial charge is 0.0878 e. The Morgan fingerprint density at radius 1 is 1.42 bits per heavy atom. The number of hydrogen-bond donors (Lipinski definition) is 0. The largest absolute Gasteiger partial charge is 0.385 e. The zero-order chi connectivity index (χ0) is 9.45. The Labute approximate surface area is 93.1 Å². The first-order valence-corrected chi connectivity index (χ1v) is 5.99. The fraction of sp³-hybridized carbons (Fsp3) is 1.00. The van der Waals surface area contributed by atoms with Crippen molar-refractivity contribution in [1.29, 1.82) is 0 Å². The fourth-order valence-corrected chi connectivity index (χ4v) is 1.62. The molecule has 0 rings (SSSR count). The van der Waals surface area contributed by atoms with Gasteiger partial charge < -0.3 is 9.47 Å². The Hall–Kier alpha value is 0.940. The molecule has 0 aromatic carbocycles. The van der Waals surface area contributed by atoms with Crippen molar-refractivity contribution in [2.45, 2.75) is 18.9 Å². The van der Waals surface area contributed by atoms with Crippen LogP contribution in [0.3, 0.4) is 0 Å². The van der Waals surface area contributed by atoms with E-state index in [-0.39, 0.29) is 5.60 Å². The van der Waals surface area contributed by atoms with E-state index in [2.05, 4.69) is 22.6 Å². The lowest BCUT2D eigenvalue weighted by atomic mass is 10.2. The normalized spacial score (nSPS) is 16.0. The van der Waals surface area contributed by atoms with E-state index in [9.17, 15) is 0 Å². The molecule has 0 saturated carbocycles. The second kappa shape index (κ2) is 7.35. The standard InChI is InChI=1S/C8H16ClIO2/c1-8(6-9,7-10)12-5-3-4-11-2/h3-7H2,1-2H3. The summed E-state index contributed by atoms with van der Waals surface area (Å²) in [4.78, 5) is 0. The van der Waals surface area contributed by atoms with E-state index in [0.29, 0.717) is 5.88 Å². The van der Waals surface area contributed by atoms with Crippen LogP contribution in [0.2, 0.25) is 0 Å². The van der Waals surface area contributed by atoms with Crippen LogP contribution in [0, 0.1) is 0 Å². The predicted molar refractivity (Wildman–Crippen MR) is 60.5 cm³/mol. The molecule has 0 aliphatic heterocycles. The first-order chi connectivity index (χ1) is 5.68. The van der Waals surface area contributed by atoms with Gasteiger partial charge in [0.05, 0.1) is 11.5 Å². The third-order valence-corrected chi connectivity index (χ3v) is 3.69. The van der Waals surface area contributed by atoms with Crippen LogP contribution in [0.5, 0.6) is 0 Å². The lowest BCUT2D eigenvalue weighted by molar-refractivity contribution is -0.00305. The van der Waals surface area contributed by atoms with Crippen LogP contribution in [-0.4, -0.2) is 36.2 Å². The molecule has 4 heteroatoms. The van der Waals surface area contributed by atoms with Crippen LogP contribution in [0.4, 0.5) is 0 Å². The Morgan fingerprint density at radius 3 is 2.50 bits per heavy atom. The van der Waals surface area contributed by atoms with Crippen molar-refractivity contribution >= 4 is 34.2 Å². The van der Waals surface area contributed by atoms with E-state index in [4.69, 9.17) is 21.1 Å². The number of methoxy groups -OCH3 is 1. The summed E-state index contributed by atoms with van der Waals surface area (Å²) in [6, 6.07) is 0. The summed E-state index contributed by atoms with van der Waals surface area (Å²) >= 11 is 8.05. The van der Waals surface area contributed by atoms with Gasteiger partial charge >= 0.3 is 0 Å². The van der Waals surface area contributed by atoms with Crippen molar-refractivity contribution in [3.05, 3.63) is 0 Å². The molecule has 1 atom stereocenters. The molecule has 0 aromatic heterocycles. The van der Waals surface area contributed by atoms with Gasteiger partial charge in [0, 0.05) is 24.8 Å². The Kier molecular flexibility index (Phi) is 7.93. The third kappa shape index (κ3) is 5.56. The molecular weight excluding hydrogens is 290 g/mol. The molecule has 0 radical (unpaired) electrons. The lowest BCUT2D eigenvalue weighted by Crippen LogP contribution is -2.33. The van der Waals surface area contributed by atoms with Gasteiger partial charge in [-0.3, -0.25) is 0 Å². The molecule has 0 aliphatic carbocycles. The topological polar surface area (TPSA) is 18.5 Å². The van der Waals surface area contributed by atoms with Gasteiger partial charge in [0.1, 0.15) is 0 Å². The molecule has 0 heterocycles. The number of ether oxygens (including phenoxy) is 2.